The lowest BCUT2D eigenvalue weighted by atomic mass is 10.1. The van der Waals surface area contributed by atoms with Gasteiger partial charge in [0.15, 0.2) is 0 Å². The molecule has 140 valence electrons. The Hall–Kier alpha value is -0.580. The highest BCUT2D eigenvalue weighted by molar-refractivity contribution is 7.99. The Balaban J connectivity index is 0.00000225. The van der Waals surface area contributed by atoms with E-state index in [4.69, 9.17) is 0 Å². The maximum atomic E-state index is 12.8. The molecule has 1 aromatic rings. The number of rotatable bonds is 5. The fourth-order valence-corrected chi connectivity index (χ4v) is 6.59. The number of sulfonamides is 1. The Morgan fingerprint density at radius 3 is 2.76 bits per heavy atom. The first-order chi connectivity index (χ1) is 11.6. The van der Waals surface area contributed by atoms with Crippen molar-refractivity contribution in [2.45, 2.75) is 11.3 Å². The molecular weight excluding hydrogens is 402 g/mol. The van der Waals surface area contributed by atoms with E-state index in [9.17, 15) is 13.2 Å². The minimum atomic E-state index is -3.59. The van der Waals surface area contributed by atoms with E-state index in [1.807, 2.05) is 0 Å². The SMILES string of the molecule is Cl.O=C(NCC1=CCNCC1)c1sccc1S(=O)(=O)N1CCSCC1. The van der Waals surface area contributed by atoms with E-state index >= 15 is 0 Å². The van der Waals surface area contributed by atoms with Crippen LogP contribution in [-0.4, -0.2) is 62.9 Å². The van der Waals surface area contributed by atoms with Crippen LogP contribution >= 0.6 is 35.5 Å². The Morgan fingerprint density at radius 1 is 1.32 bits per heavy atom. The Kier molecular flexibility index (Phi) is 7.78. The van der Waals surface area contributed by atoms with Gasteiger partial charge in [-0.05, 0) is 24.4 Å². The molecule has 10 heteroatoms. The molecule has 1 saturated heterocycles. The maximum absolute atomic E-state index is 12.8. The van der Waals surface area contributed by atoms with Crippen molar-refractivity contribution < 1.29 is 13.2 Å². The van der Waals surface area contributed by atoms with Crippen LogP contribution in [0.4, 0.5) is 0 Å². The number of halogens is 1. The van der Waals surface area contributed by atoms with Gasteiger partial charge >= 0.3 is 0 Å². The van der Waals surface area contributed by atoms with E-state index in [-0.39, 0.29) is 28.1 Å². The summed E-state index contributed by atoms with van der Waals surface area (Å²) in [6.07, 6.45) is 2.97. The Labute approximate surface area is 162 Å². The first-order valence-electron chi connectivity index (χ1n) is 7.91. The molecule has 0 atom stereocenters. The fraction of sp³-hybridized carbons (Fsp3) is 0.533. The zero-order chi connectivity index (χ0) is 17.0. The van der Waals surface area contributed by atoms with Crippen LogP contribution in [0, 0.1) is 0 Å². The van der Waals surface area contributed by atoms with Crippen molar-refractivity contribution in [1.82, 2.24) is 14.9 Å². The molecule has 0 unspecified atom stereocenters. The molecule has 1 fully saturated rings. The van der Waals surface area contributed by atoms with Gasteiger partial charge in [-0.15, -0.1) is 23.7 Å². The highest BCUT2D eigenvalue weighted by Crippen LogP contribution is 2.27. The van der Waals surface area contributed by atoms with Crippen molar-refractivity contribution in [3.63, 3.8) is 0 Å². The van der Waals surface area contributed by atoms with Crippen LogP contribution < -0.4 is 10.6 Å². The summed E-state index contributed by atoms with van der Waals surface area (Å²) in [5, 5.41) is 7.75. The van der Waals surface area contributed by atoms with Crippen molar-refractivity contribution in [1.29, 1.82) is 0 Å². The zero-order valence-corrected chi connectivity index (χ0v) is 17.0. The molecule has 2 aliphatic heterocycles. The second-order valence-electron chi connectivity index (χ2n) is 5.63. The lowest BCUT2D eigenvalue weighted by molar-refractivity contribution is 0.0957. The van der Waals surface area contributed by atoms with Crippen molar-refractivity contribution in [3.05, 3.63) is 28.0 Å². The summed E-state index contributed by atoms with van der Waals surface area (Å²) < 4.78 is 27.1. The summed E-state index contributed by atoms with van der Waals surface area (Å²) in [7, 11) is -3.59. The van der Waals surface area contributed by atoms with Crippen molar-refractivity contribution >= 4 is 51.4 Å². The number of nitrogens with zero attached hydrogens (tertiary/aromatic N) is 1. The summed E-state index contributed by atoms with van der Waals surface area (Å²) in [5.41, 5.74) is 1.18. The molecule has 25 heavy (non-hydrogen) atoms. The second kappa shape index (κ2) is 9.38. The monoisotopic (exact) mass is 423 g/mol. The molecular formula is C15H22ClN3O3S3. The van der Waals surface area contributed by atoms with Gasteiger partial charge in [0.25, 0.3) is 5.91 Å². The first-order valence-corrected chi connectivity index (χ1v) is 11.4. The number of hydrogen-bond donors (Lipinski definition) is 2. The van der Waals surface area contributed by atoms with Gasteiger partial charge in [-0.2, -0.15) is 16.1 Å². The minimum Gasteiger partial charge on any atom is -0.348 e. The van der Waals surface area contributed by atoms with Crippen LogP contribution in [0.3, 0.4) is 0 Å². The summed E-state index contributed by atoms with van der Waals surface area (Å²) >= 11 is 2.93. The van der Waals surface area contributed by atoms with Gasteiger partial charge in [-0.25, -0.2) is 8.42 Å². The van der Waals surface area contributed by atoms with Crippen LogP contribution in [0.2, 0.25) is 0 Å². The highest BCUT2D eigenvalue weighted by Gasteiger charge is 2.31. The average molecular weight is 424 g/mol. The van der Waals surface area contributed by atoms with Gasteiger partial charge in [0.1, 0.15) is 9.77 Å². The van der Waals surface area contributed by atoms with Crippen LogP contribution in [0.1, 0.15) is 16.1 Å². The van der Waals surface area contributed by atoms with E-state index in [1.54, 1.807) is 23.2 Å². The third-order valence-corrected chi connectivity index (χ3v) is 7.98. The molecule has 0 aromatic carbocycles. The molecule has 0 radical (unpaired) electrons. The van der Waals surface area contributed by atoms with Gasteiger partial charge < -0.3 is 10.6 Å². The van der Waals surface area contributed by atoms with Crippen LogP contribution in [0.5, 0.6) is 0 Å². The molecule has 0 spiro atoms. The zero-order valence-electron chi connectivity index (χ0n) is 13.7. The predicted octanol–water partition coefficient (Wildman–Crippen LogP) is 1.56. The summed E-state index contributed by atoms with van der Waals surface area (Å²) in [6.45, 7) is 3.20. The Bertz CT molecular complexity index is 727. The number of amides is 1. The fourth-order valence-electron chi connectivity index (χ4n) is 2.70. The summed E-state index contributed by atoms with van der Waals surface area (Å²) in [4.78, 5) is 12.9. The largest absolute Gasteiger partial charge is 0.348 e. The van der Waals surface area contributed by atoms with Gasteiger partial charge in [-0.1, -0.05) is 11.6 Å². The molecule has 0 bridgehead atoms. The van der Waals surface area contributed by atoms with Crippen molar-refractivity contribution in [2.24, 2.45) is 0 Å². The van der Waals surface area contributed by atoms with Crippen molar-refractivity contribution in [3.8, 4) is 0 Å². The second-order valence-corrected chi connectivity index (χ2v) is 9.68. The third-order valence-electron chi connectivity index (χ3n) is 4.06. The predicted molar refractivity (Wildman–Crippen MR) is 106 cm³/mol. The van der Waals surface area contributed by atoms with E-state index in [1.165, 1.54) is 21.2 Å². The number of carbonyl (C=O) groups excluding carboxylic acids is 1. The van der Waals surface area contributed by atoms with Gasteiger partial charge in [0.2, 0.25) is 10.0 Å². The molecule has 3 rings (SSSR count). The van der Waals surface area contributed by atoms with Gasteiger partial charge in [0, 0.05) is 37.7 Å². The lowest BCUT2D eigenvalue weighted by Gasteiger charge is -2.25. The van der Waals surface area contributed by atoms with Gasteiger partial charge in [-0.3, -0.25) is 4.79 Å². The number of hydrogen-bond acceptors (Lipinski definition) is 6. The van der Waals surface area contributed by atoms with Gasteiger partial charge in [0.05, 0.1) is 0 Å². The molecule has 6 nitrogen and oxygen atoms in total. The molecule has 1 aromatic heterocycles. The maximum Gasteiger partial charge on any atom is 0.263 e. The van der Waals surface area contributed by atoms with E-state index in [0.717, 1.165) is 31.0 Å². The number of nitrogens with one attached hydrogen (secondary N) is 2. The normalized spacial score (nSPS) is 19.0. The molecule has 1 amide bonds. The number of carbonyl (C=O) groups is 1. The van der Waals surface area contributed by atoms with E-state index in [2.05, 4.69) is 16.7 Å². The quantitative estimate of drug-likeness (QED) is 0.702. The number of thioether (sulfide) groups is 1. The summed E-state index contributed by atoms with van der Waals surface area (Å²) in [6, 6.07) is 1.54. The summed E-state index contributed by atoms with van der Waals surface area (Å²) in [5.74, 6) is 1.29. The smallest absolute Gasteiger partial charge is 0.263 e. The topological polar surface area (TPSA) is 78.5 Å². The molecule has 0 saturated carbocycles. The first kappa shape index (κ1) is 20.7. The molecule has 2 N–H and O–H groups in total. The molecule has 2 aliphatic rings. The minimum absolute atomic E-state index is 0. The van der Waals surface area contributed by atoms with Crippen LogP contribution in [0.25, 0.3) is 0 Å². The highest BCUT2D eigenvalue weighted by atomic mass is 35.5. The lowest BCUT2D eigenvalue weighted by Crippen LogP contribution is -2.38. The third kappa shape index (κ3) is 4.99. The van der Waals surface area contributed by atoms with E-state index < -0.39 is 10.0 Å². The number of thiophene rings is 1. The standard InChI is InChI=1S/C15H21N3O3S3.ClH/c19-15(17-11-12-1-4-16-5-2-12)14-13(3-8-23-14)24(20,21)18-6-9-22-10-7-18;/h1,3,8,16H,2,4-7,9-11H2,(H,17,19);1H. The Morgan fingerprint density at radius 2 is 2.08 bits per heavy atom. The van der Waals surface area contributed by atoms with E-state index in [0.29, 0.717) is 19.6 Å². The van der Waals surface area contributed by atoms with Crippen molar-refractivity contribution in [2.75, 3.05) is 44.2 Å². The molecule has 3 heterocycles. The van der Waals surface area contributed by atoms with Crippen LogP contribution in [0.15, 0.2) is 28.0 Å². The molecule has 0 aliphatic carbocycles. The van der Waals surface area contributed by atoms with Crippen LogP contribution in [-0.2, 0) is 10.0 Å². The average Bonchev–Trinajstić information content (AvgIpc) is 3.12.